The van der Waals surface area contributed by atoms with Gasteiger partial charge in [-0.25, -0.2) is 0 Å². The van der Waals surface area contributed by atoms with Gasteiger partial charge < -0.3 is 10.1 Å². The molecule has 1 aliphatic rings. The fourth-order valence-electron chi connectivity index (χ4n) is 3.11. The summed E-state index contributed by atoms with van der Waals surface area (Å²) in [4.78, 5) is 12.9. The van der Waals surface area contributed by atoms with Gasteiger partial charge in [0.15, 0.2) is 0 Å². The Morgan fingerprint density at radius 2 is 2.00 bits per heavy atom. The third-order valence-corrected chi connectivity index (χ3v) is 5.44. The first-order valence-electron chi connectivity index (χ1n) is 8.30. The second kappa shape index (κ2) is 7.00. The standard InChI is InChI=1S/C20H23NO3S/c1-14-7-8-16(12-18(14)24-2)20(9-10-20)19(22)21-17-6-4-5-15(11-17)13-25(3)23/h4-8,11-12H,9-10,13H2,1-3H3,(H,21,22). The van der Waals surface area contributed by atoms with Crippen molar-refractivity contribution in [3.05, 3.63) is 59.2 Å². The molecule has 1 N–H and O–H groups in total. The molecule has 0 aromatic heterocycles. The molecule has 4 nitrogen and oxygen atoms in total. The summed E-state index contributed by atoms with van der Waals surface area (Å²) in [7, 11) is 0.743. The highest BCUT2D eigenvalue weighted by Crippen LogP contribution is 2.50. The number of amides is 1. The summed E-state index contributed by atoms with van der Waals surface area (Å²) in [6.07, 6.45) is 3.35. The Bertz CT molecular complexity index is 827. The third-order valence-electron chi connectivity index (χ3n) is 4.70. The molecule has 132 valence electrons. The molecule has 1 fully saturated rings. The zero-order chi connectivity index (χ0) is 18.0. The second-order valence-corrected chi connectivity index (χ2v) is 8.07. The summed E-state index contributed by atoms with van der Waals surface area (Å²) in [5.41, 5.74) is 3.30. The molecule has 25 heavy (non-hydrogen) atoms. The van der Waals surface area contributed by atoms with Crippen molar-refractivity contribution in [1.29, 1.82) is 0 Å². The van der Waals surface area contributed by atoms with E-state index in [1.165, 1.54) is 0 Å². The van der Waals surface area contributed by atoms with E-state index in [0.29, 0.717) is 5.75 Å². The molecule has 2 aromatic carbocycles. The van der Waals surface area contributed by atoms with E-state index in [2.05, 4.69) is 5.32 Å². The smallest absolute Gasteiger partial charge is 0.235 e. The van der Waals surface area contributed by atoms with Crippen LogP contribution in [0.3, 0.4) is 0 Å². The monoisotopic (exact) mass is 357 g/mol. The van der Waals surface area contributed by atoms with Crippen LogP contribution in [0.25, 0.3) is 0 Å². The Morgan fingerprint density at radius 1 is 1.24 bits per heavy atom. The quantitative estimate of drug-likeness (QED) is 0.860. The number of ether oxygens (including phenoxy) is 1. The molecule has 0 spiro atoms. The van der Waals surface area contributed by atoms with E-state index in [4.69, 9.17) is 4.74 Å². The SMILES string of the molecule is COc1cc(C2(C(=O)Nc3cccc(CS(C)=O)c3)CC2)ccc1C. The Balaban J connectivity index is 1.80. The Hall–Kier alpha value is -2.14. The normalized spacial score (nSPS) is 16.1. The first-order chi connectivity index (χ1) is 11.9. The van der Waals surface area contributed by atoms with E-state index >= 15 is 0 Å². The molecule has 0 aliphatic heterocycles. The highest BCUT2D eigenvalue weighted by Gasteiger charge is 2.51. The molecule has 1 amide bonds. The van der Waals surface area contributed by atoms with Crippen LogP contribution in [0, 0.1) is 6.92 Å². The van der Waals surface area contributed by atoms with Crippen LogP contribution in [0.4, 0.5) is 5.69 Å². The number of hydrogen-bond donors (Lipinski definition) is 1. The van der Waals surface area contributed by atoms with E-state index in [0.717, 1.165) is 41.0 Å². The maximum atomic E-state index is 12.9. The third kappa shape index (κ3) is 3.76. The van der Waals surface area contributed by atoms with Gasteiger partial charge in [-0.2, -0.15) is 0 Å². The van der Waals surface area contributed by atoms with Crippen molar-refractivity contribution in [3.63, 3.8) is 0 Å². The number of aryl methyl sites for hydroxylation is 1. The van der Waals surface area contributed by atoms with E-state index in [-0.39, 0.29) is 5.91 Å². The van der Waals surface area contributed by atoms with Crippen molar-refractivity contribution in [2.24, 2.45) is 0 Å². The minimum atomic E-state index is -0.905. The molecule has 0 saturated heterocycles. The lowest BCUT2D eigenvalue weighted by Gasteiger charge is -2.18. The molecule has 1 aliphatic carbocycles. The van der Waals surface area contributed by atoms with Crippen LogP contribution < -0.4 is 10.1 Å². The molecule has 0 radical (unpaired) electrons. The van der Waals surface area contributed by atoms with Crippen molar-refractivity contribution in [1.82, 2.24) is 0 Å². The summed E-state index contributed by atoms with van der Waals surface area (Å²) < 4.78 is 16.8. The van der Waals surface area contributed by atoms with Gasteiger partial charge in [0.1, 0.15) is 5.75 Å². The van der Waals surface area contributed by atoms with Crippen LogP contribution >= 0.6 is 0 Å². The molecular weight excluding hydrogens is 334 g/mol. The maximum absolute atomic E-state index is 12.9. The zero-order valence-corrected chi connectivity index (χ0v) is 15.6. The number of anilines is 1. The van der Waals surface area contributed by atoms with Gasteiger partial charge in [0, 0.05) is 28.5 Å². The van der Waals surface area contributed by atoms with Gasteiger partial charge in [-0.05, 0) is 54.7 Å². The van der Waals surface area contributed by atoms with Gasteiger partial charge in [-0.15, -0.1) is 0 Å². The molecule has 3 rings (SSSR count). The predicted octanol–water partition coefficient (Wildman–Crippen LogP) is 3.55. The van der Waals surface area contributed by atoms with Crippen LogP contribution in [0.1, 0.15) is 29.5 Å². The predicted molar refractivity (Wildman–Crippen MR) is 101 cm³/mol. The first kappa shape index (κ1) is 17.7. The minimum Gasteiger partial charge on any atom is -0.496 e. The summed E-state index contributed by atoms with van der Waals surface area (Å²) >= 11 is 0. The van der Waals surface area contributed by atoms with Crippen LogP contribution in [0.15, 0.2) is 42.5 Å². The average Bonchev–Trinajstić information content (AvgIpc) is 3.37. The minimum absolute atomic E-state index is 0.00757. The van der Waals surface area contributed by atoms with Crippen molar-refractivity contribution in [2.75, 3.05) is 18.7 Å². The van der Waals surface area contributed by atoms with Crippen molar-refractivity contribution < 1.29 is 13.7 Å². The van der Waals surface area contributed by atoms with Gasteiger partial charge in [0.05, 0.1) is 12.5 Å². The molecular formula is C20H23NO3S. The Kier molecular flexibility index (Phi) is 4.95. The number of benzene rings is 2. The lowest BCUT2D eigenvalue weighted by molar-refractivity contribution is -0.118. The van der Waals surface area contributed by atoms with E-state index in [9.17, 15) is 9.00 Å². The van der Waals surface area contributed by atoms with E-state index < -0.39 is 16.2 Å². The highest BCUT2D eigenvalue weighted by atomic mass is 32.2. The van der Waals surface area contributed by atoms with Crippen molar-refractivity contribution in [2.45, 2.75) is 30.9 Å². The lowest BCUT2D eigenvalue weighted by Crippen LogP contribution is -2.27. The lowest BCUT2D eigenvalue weighted by atomic mass is 9.93. The molecule has 1 unspecified atom stereocenters. The van der Waals surface area contributed by atoms with Crippen LogP contribution in [0.2, 0.25) is 0 Å². The van der Waals surface area contributed by atoms with Gasteiger partial charge in [-0.1, -0.05) is 24.3 Å². The fraction of sp³-hybridized carbons (Fsp3) is 0.350. The zero-order valence-electron chi connectivity index (χ0n) is 14.8. The second-order valence-electron chi connectivity index (χ2n) is 6.64. The Labute approximate surface area is 151 Å². The van der Waals surface area contributed by atoms with Gasteiger partial charge in [0.2, 0.25) is 5.91 Å². The van der Waals surface area contributed by atoms with Gasteiger partial charge >= 0.3 is 0 Å². The van der Waals surface area contributed by atoms with E-state index in [1.54, 1.807) is 13.4 Å². The molecule has 1 atom stereocenters. The number of rotatable bonds is 6. The summed E-state index contributed by atoms with van der Waals surface area (Å²) in [6.45, 7) is 1.99. The topological polar surface area (TPSA) is 55.4 Å². The number of carbonyl (C=O) groups is 1. The number of methoxy groups -OCH3 is 1. The number of carbonyl (C=O) groups excluding carboxylic acids is 1. The molecule has 0 bridgehead atoms. The van der Waals surface area contributed by atoms with Crippen LogP contribution in [-0.4, -0.2) is 23.5 Å². The summed E-state index contributed by atoms with van der Waals surface area (Å²) in [5.74, 6) is 1.31. The van der Waals surface area contributed by atoms with Crippen molar-refractivity contribution in [3.8, 4) is 5.75 Å². The number of nitrogens with one attached hydrogen (secondary N) is 1. The highest BCUT2D eigenvalue weighted by molar-refractivity contribution is 7.83. The Morgan fingerprint density at radius 3 is 2.64 bits per heavy atom. The molecule has 1 saturated carbocycles. The van der Waals surface area contributed by atoms with Gasteiger partial charge in [-0.3, -0.25) is 9.00 Å². The molecule has 5 heteroatoms. The fourth-order valence-corrected chi connectivity index (χ4v) is 3.76. The van der Waals surface area contributed by atoms with E-state index in [1.807, 2.05) is 49.4 Å². The summed E-state index contributed by atoms with van der Waals surface area (Å²) in [5, 5.41) is 3.03. The largest absolute Gasteiger partial charge is 0.496 e. The van der Waals surface area contributed by atoms with Crippen molar-refractivity contribution >= 4 is 22.4 Å². The number of hydrogen-bond acceptors (Lipinski definition) is 3. The van der Waals surface area contributed by atoms with Gasteiger partial charge in [0.25, 0.3) is 0 Å². The average molecular weight is 357 g/mol. The first-order valence-corrected chi connectivity index (χ1v) is 10.0. The van der Waals surface area contributed by atoms with Crippen LogP contribution in [0.5, 0.6) is 5.75 Å². The molecule has 0 heterocycles. The van der Waals surface area contributed by atoms with Crippen LogP contribution in [-0.2, 0) is 26.8 Å². The molecule has 2 aromatic rings. The maximum Gasteiger partial charge on any atom is 0.235 e. The summed E-state index contributed by atoms with van der Waals surface area (Å²) in [6, 6.07) is 13.6.